The summed E-state index contributed by atoms with van der Waals surface area (Å²) in [4.78, 5) is 15.6. The van der Waals surface area contributed by atoms with Crippen molar-refractivity contribution in [3.8, 4) is 6.07 Å². The fourth-order valence-corrected chi connectivity index (χ4v) is 3.79. The third-order valence-electron chi connectivity index (χ3n) is 5.59. The minimum atomic E-state index is -0.586. The molecule has 2 aromatic rings. The highest BCUT2D eigenvalue weighted by molar-refractivity contribution is 5.83. The molecule has 3 rings (SSSR count). The standard InChI is InChI=1S/C20H30N6O2/c1-3-15(4-2)11-25(9-6-8-21)19-18-20(23-13-22-19)26(14-24-18)12-16(27)17-7-5-10-28-17/h13-17,27H,3-7,9-12H2,1-2H3. The molecule has 1 aliphatic rings. The Morgan fingerprint density at radius 3 is 2.86 bits per heavy atom. The van der Waals surface area contributed by atoms with Crippen LogP contribution in [-0.4, -0.2) is 56.5 Å². The predicted molar refractivity (Wildman–Crippen MR) is 107 cm³/mol. The predicted octanol–water partition coefficient (Wildman–Crippen LogP) is 2.52. The number of ether oxygens (including phenoxy) is 1. The molecule has 1 saturated heterocycles. The quantitative estimate of drug-likeness (QED) is 0.669. The van der Waals surface area contributed by atoms with Crippen molar-refractivity contribution in [1.82, 2.24) is 19.5 Å². The average Bonchev–Trinajstić information content (AvgIpc) is 3.39. The van der Waals surface area contributed by atoms with Gasteiger partial charge in [-0.3, -0.25) is 0 Å². The van der Waals surface area contributed by atoms with E-state index < -0.39 is 6.10 Å². The van der Waals surface area contributed by atoms with Crippen molar-refractivity contribution in [3.05, 3.63) is 12.7 Å². The van der Waals surface area contributed by atoms with E-state index in [1.54, 1.807) is 12.7 Å². The molecule has 152 valence electrons. The summed E-state index contributed by atoms with van der Waals surface area (Å²) in [6.07, 6.45) is 7.00. The number of aliphatic hydroxyl groups excluding tert-OH is 1. The van der Waals surface area contributed by atoms with Crippen LogP contribution in [0, 0.1) is 17.2 Å². The lowest BCUT2D eigenvalue weighted by Crippen LogP contribution is -2.31. The van der Waals surface area contributed by atoms with Crippen molar-refractivity contribution >= 4 is 17.0 Å². The van der Waals surface area contributed by atoms with Gasteiger partial charge in [-0.1, -0.05) is 26.7 Å². The van der Waals surface area contributed by atoms with Gasteiger partial charge in [0.1, 0.15) is 6.33 Å². The lowest BCUT2D eigenvalue weighted by Gasteiger charge is -2.27. The van der Waals surface area contributed by atoms with E-state index in [-0.39, 0.29) is 6.10 Å². The zero-order chi connectivity index (χ0) is 19.9. The molecular formula is C20H30N6O2. The van der Waals surface area contributed by atoms with E-state index in [1.165, 1.54) is 0 Å². The van der Waals surface area contributed by atoms with Crippen LogP contribution < -0.4 is 4.90 Å². The molecule has 2 atom stereocenters. The van der Waals surface area contributed by atoms with E-state index in [1.807, 2.05) is 4.57 Å². The molecule has 28 heavy (non-hydrogen) atoms. The molecule has 1 aliphatic heterocycles. The largest absolute Gasteiger partial charge is 0.389 e. The molecule has 2 unspecified atom stereocenters. The summed E-state index contributed by atoms with van der Waals surface area (Å²) in [5.74, 6) is 1.30. The van der Waals surface area contributed by atoms with Crippen LogP contribution in [0.15, 0.2) is 12.7 Å². The number of anilines is 1. The van der Waals surface area contributed by atoms with E-state index in [0.29, 0.717) is 43.2 Å². The fourth-order valence-electron chi connectivity index (χ4n) is 3.79. The summed E-state index contributed by atoms with van der Waals surface area (Å²) in [7, 11) is 0. The van der Waals surface area contributed by atoms with Gasteiger partial charge in [-0.15, -0.1) is 0 Å². The van der Waals surface area contributed by atoms with Gasteiger partial charge in [0.15, 0.2) is 17.0 Å². The maximum atomic E-state index is 10.5. The normalized spacial score (nSPS) is 17.9. The molecule has 8 nitrogen and oxygen atoms in total. The molecule has 0 amide bonds. The number of hydrogen-bond donors (Lipinski definition) is 1. The summed E-state index contributed by atoms with van der Waals surface area (Å²) in [6, 6.07) is 2.23. The van der Waals surface area contributed by atoms with Crippen molar-refractivity contribution in [1.29, 1.82) is 5.26 Å². The van der Waals surface area contributed by atoms with E-state index in [9.17, 15) is 5.11 Å². The van der Waals surface area contributed by atoms with Gasteiger partial charge in [0.25, 0.3) is 0 Å². The van der Waals surface area contributed by atoms with Crippen molar-refractivity contribution in [3.63, 3.8) is 0 Å². The van der Waals surface area contributed by atoms with Crippen LogP contribution >= 0.6 is 0 Å². The second-order valence-electron chi connectivity index (χ2n) is 7.42. The Labute approximate surface area is 166 Å². The van der Waals surface area contributed by atoms with Crippen LogP contribution in [0.5, 0.6) is 0 Å². The van der Waals surface area contributed by atoms with Crippen LogP contribution in [0.1, 0.15) is 46.0 Å². The van der Waals surface area contributed by atoms with Gasteiger partial charge in [-0.25, -0.2) is 15.0 Å². The van der Waals surface area contributed by atoms with Crippen molar-refractivity contribution < 1.29 is 9.84 Å². The number of aromatic nitrogens is 4. The second kappa shape index (κ2) is 9.80. The highest BCUT2D eigenvalue weighted by Gasteiger charge is 2.26. The molecule has 2 aromatic heterocycles. The Hall–Kier alpha value is -2.24. The summed E-state index contributed by atoms with van der Waals surface area (Å²) in [5, 5.41) is 19.6. The van der Waals surface area contributed by atoms with Crippen molar-refractivity contribution in [2.75, 3.05) is 24.6 Å². The fraction of sp³-hybridized carbons (Fsp3) is 0.700. The van der Waals surface area contributed by atoms with Crippen LogP contribution in [-0.2, 0) is 11.3 Å². The molecule has 1 N–H and O–H groups in total. The number of fused-ring (bicyclic) bond motifs is 1. The van der Waals surface area contributed by atoms with Gasteiger partial charge in [-0.05, 0) is 18.8 Å². The minimum absolute atomic E-state index is 0.124. The number of nitrogens with zero attached hydrogens (tertiary/aromatic N) is 6. The first-order valence-corrected chi connectivity index (χ1v) is 10.2. The smallest absolute Gasteiger partial charge is 0.165 e. The lowest BCUT2D eigenvalue weighted by molar-refractivity contribution is -0.00902. The van der Waals surface area contributed by atoms with E-state index >= 15 is 0 Å². The topological polar surface area (TPSA) is 100 Å². The number of rotatable bonds is 10. The van der Waals surface area contributed by atoms with Crippen molar-refractivity contribution in [2.45, 2.75) is 64.7 Å². The molecular weight excluding hydrogens is 356 g/mol. The van der Waals surface area contributed by atoms with Gasteiger partial charge >= 0.3 is 0 Å². The Morgan fingerprint density at radius 1 is 1.36 bits per heavy atom. The van der Waals surface area contributed by atoms with Crippen molar-refractivity contribution in [2.24, 2.45) is 5.92 Å². The Morgan fingerprint density at radius 2 is 2.18 bits per heavy atom. The zero-order valence-electron chi connectivity index (χ0n) is 16.8. The van der Waals surface area contributed by atoms with Gasteiger partial charge in [0.05, 0.1) is 37.6 Å². The van der Waals surface area contributed by atoms with Gasteiger partial charge < -0.3 is 19.3 Å². The second-order valence-corrected chi connectivity index (χ2v) is 7.42. The Bertz CT molecular complexity index is 792. The molecule has 0 aromatic carbocycles. The van der Waals surface area contributed by atoms with Gasteiger partial charge in [0, 0.05) is 19.7 Å². The molecule has 0 spiro atoms. The molecule has 8 heteroatoms. The van der Waals surface area contributed by atoms with E-state index in [4.69, 9.17) is 10.00 Å². The molecule has 3 heterocycles. The third kappa shape index (κ3) is 4.59. The van der Waals surface area contributed by atoms with Gasteiger partial charge in [0.2, 0.25) is 0 Å². The number of imidazole rings is 1. The number of nitriles is 1. The Kier molecular flexibility index (Phi) is 7.18. The van der Waals surface area contributed by atoms with Crippen LogP contribution in [0.4, 0.5) is 5.82 Å². The highest BCUT2D eigenvalue weighted by Crippen LogP contribution is 2.25. The zero-order valence-corrected chi connectivity index (χ0v) is 16.8. The first kappa shape index (κ1) is 20.5. The summed E-state index contributed by atoms with van der Waals surface area (Å²) >= 11 is 0. The molecule has 0 aliphatic carbocycles. The molecule has 0 bridgehead atoms. The summed E-state index contributed by atoms with van der Waals surface area (Å²) in [5.41, 5.74) is 1.42. The van der Waals surface area contributed by atoms with Gasteiger partial charge in [-0.2, -0.15) is 5.26 Å². The number of hydrogen-bond acceptors (Lipinski definition) is 7. The first-order chi connectivity index (χ1) is 13.7. The molecule has 0 radical (unpaired) electrons. The minimum Gasteiger partial charge on any atom is -0.389 e. The average molecular weight is 387 g/mol. The van der Waals surface area contributed by atoms with E-state index in [2.05, 4.69) is 39.8 Å². The maximum Gasteiger partial charge on any atom is 0.165 e. The number of aliphatic hydroxyl groups is 1. The molecule has 1 fully saturated rings. The monoisotopic (exact) mass is 386 g/mol. The summed E-state index contributed by atoms with van der Waals surface area (Å²) < 4.78 is 7.46. The molecule has 0 saturated carbocycles. The maximum absolute atomic E-state index is 10.5. The third-order valence-corrected chi connectivity index (χ3v) is 5.59. The highest BCUT2D eigenvalue weighted by atomic mass is 16.5. The lowest BCUT2D eigenvalue weighted by atomic mass is 10.0. The van der Waals surface area contributed by atoms with Crippen LogP contribution in [0.25, 0.3) is 11.2 Å². The Balaban J connectivity index is 1.85. The van der Waals surface area contributed by atoms with E-state index in [0.717, 1.165) is 38.0 Å². The van der Waals surface area contributed by atoms with Crippen LogP contribution in [0.2, 0.25) is 0 Å². The van der Waals surface area contributed by atoms with Crippen LogP contribution in [0.3, 0.4) is 0 Å². The first-order valence-electron chi connectivity index (χ1n) is 10.2. The summed E-state index contributed by atoms with van der Waals surface area (Å²) in [6.45, 7) is 6.93. The SMILES string of the molecule is CCC(CC)CN(CCC#N)c1ncnc2c1ncn2CC(O)C1CCCO1.